The van der Waals surface area contributed by atoms with Gasteiger partial charge < -0.3 is 9.15 Å². The second-order valence-electron chi connectivity index (χ2n) is 4.77. The molecule has 0 saturated carbocycles. The monoisotopic (exact) mass is 318 g/mol. The Morgan fingerprint density at radius 2 is 2.00 bits per heavy atom. The van der Waals surface area contributed by atoms with Gasteiger partial charge in [0, 0.05) is 6.07 Å². The third kappa shape index (κ3) is 2.62. The molecule has 0 bridgehead atoms. The van der Waals surface area contributed by atoms with Crippen LogP contribution in [-0.4, -0.2) is 20.5 Å². The van der Waals surface area contributed by atoms with Crippen LogP contribution in [0.25, 0.3) is 11.1 Å². The highest BCUT2D eigenvalue weighted by molar-refractivity contribution is 7.92. The number of aromatic nitrogens is 1. The molecule has 0 fully saturated rings. The van der Waals surface area contributed by atoms with E-state index in [9.17, 15) is 8.42 Å². The molecule has 0 aliphatic heterocycles. The Labute approximate surface area is 127 Å². The van der Waals surface area contributed by atoms with Crippen molar-refractivity contribution in [3.8, 4) is 5.75 Å². The lowest BCUT2D eigenvalue weighted by Gasteiger charge is -2.11. The number of sulfonamides is 1. The zero-order valence-electron chi connectivity index (χ0n) is 12.0. The normalized spacial score (nSPS) is 11.5. The van der Waals surface area contributed by atoms with Crippen molar-refractivity contribution in [2.24, 2.45) is 0 Å². The number of methoxy groups -OCH3 is 1. The van der Waals surface area contributed by atoms with Gasteiger partial charge in [-0.25, -0.2) is 13.4 Å². The summed E-state index contributed by atoms with van der Waals surface area (Å²) in [5, 5.41) is 0. The minimum Gasteiger partial charge on any atom is -0.497 e. The van der Waals surface area contributed by atoms with Gasteiger partial charge in [-0.2, -0.15) is 0 Å². The van der Waals surface area contributed by atoms with Gasteiger partial charge in [-0.05, 0) is 42.8 Å². The van der Waals surface area contributed by atoms with Crippen LogP contribution in [0.4, 0.5) is 5.69 Å². The number of hydrogen-bond acceptors (Lipinski definition) is 5. The summed E-state index contributed by atoms with van der Waals surface area (Å²) in [6.45, 7) is 1.72. The second kappa shape index (κ2) is 5.34. The Kier molecular flexibility index (Phi) is 3.50. The summed E-state index contributed by atoms with van der Waals surface area (Å²) < 4.78 is 37.8. The van der Waals surface area contributed by atoms with Gasteiger partial charge in [-0.3, -0.25) is 4.72 Å². The van der Waals surface area contributed by atoms with Crippen LogP contribution >= 0.6 is 0 Å². The van der Waals surface area contributed by atoms with Gasteiger partial charge in [0.1, 0.15) is 11.3 Å². The van der Waals surface area contributed by atoms with Crippen LogP contribution < -0.4 is 9.46 Å². The molecule has 2 aromatic carbocycles. The van der Waals surface area contributed by atoms with Crippen molar-refractivity contribution in [1.82, 2.24) is 4.98 Å². The smallest absolute Gasteiger partial charge is 0.262 e. The van der Waals surface area contributed by atoms with Crippen LogP contribution in [0, 0.1) is 6.92 Å². The van der Waals surface area contributed by atoms with E-state index in [2.05, 4.69) is 9.71 Å². The Hall–Kier alpha value is -2.54. The summed E-state index contributed by atoms with van der Waals surface area (Å²) >= 11 is 0. The molecule has 3 rings (SSSR count). The molecule has 22 heavy (non-hydrogen) atoms. The largest absolute Gasteiger partial charge is 0.497 e. The van der Waals surface area contributed by atoms with Crippen molar-refractivity contribution in [3.05, 3.63) is 48.4 Å². The number of anilines is 1. The lowest BCUT2D eigenvalue weighted by atomic mass is 10.2. The van der Waals surface area contributed by atoms with E-state index in [0.29, 0.717) is 28.1 Å². The van der Waals surface area contributed by atoms with E-state index in [4.69, 9.17) is 9.15 Å². The summed E-state index contributed by atoms with van der Waals surface area (Å²) in [6.07, 6.45) is 1.32. The molecule has 114 valence electrons. The zero-order valence-corrected chi connectivity index (χ0v) is 12.8. The molecule has 1 aromatic heterocycles. The highest BCUT2D eigenvalue weighted by Gasteiger charge is 2.17. The minimum atomic E-state index is -3.69. The molecule has 3 aromatic rings. The van der Waals surface area contributed by atoms with Gasteiger partial charge in [-0.1, -0.05) is 0 Å². The number of hydrogen-bond donors (Lipinski definition) is 1. The molecular weight excluding hydrogens is 304 g/mol. The van der Waals surface area contributed by atoms with Gasteiger partial charge in [0.25, 0.3) is 10.0 Å². The molecule has 0 aliphatic carbocycles. The average molecular weight is 318 g/mol. The first kappa shape index (κ1) is 14.4. The number of fused-ring (bicyclic) bond motifs is 1. The molecule has 6 nitrogen and oxygen atoms in total. The van der Waals surface area contributed by atoms with Crippen molar-refractivity contribution >= 4 is 26.8 Å². The summed E-state index contributed by atoms with van der Waals surface area (Å²) in [7, 11) is -2.15. The van der Waals surface area contributed by atoms with E-state index in [-0.39, 0.29) is 4.90 Å². The number of nitrogens with zero attached hydrogens (tertiary/aromatic N) is 1. The van der Waals surface area contributed by atoms with Crippen molar-refractivity contribution in [2.75, 3.05) is 11.8 Å². The molecule has 0 saturated heterocycles. The first-order chi connectivity index (χ1) is 10.5. The molecule has 7 heteroatoms. The van der Waals surface area contributed by atoms with Crippen LogP contribution in [0.5, 0.6) is 5.75 Å². The SMILES string of the molecule is COc1ccc(S(=O)(=O)Nc2ccc3ncoc3c2)c(C)c1. The van der Waals surface area contributed by atoms with Crippen LogP contribution in [-0.2, 0) is 10.0 Å². The van der Waals surface area contributed by atoms with Crippen LogP contribution in [0.2, 0.25) is 0 Å². The number of rotatable bonds is 4. The molecule has 1 N–H and O–H groups in total. The summed E-state index contributed by atoms with van der Waals surface area (Å²) in [6, 6.07) is 9.73. The lowest BCUT2D eigenvalue weighted by molar-refractivity contribution is 0.414. The first-order valence-corrected chi connectivity index (χ1v) is 7.98. The fourth-order valence-electron chi connectivity index (χ4n) is 2.18. The topological polar surface area (TPSA) is 81.4 Å². The predicted octanol–water partition coefficient (Wildman–Crippen LogP) is 2.95. The van der Waals surface area contributed by atoms with Crippen molar-refractivity contribution < 1.29 is 17.6 Å². The molecule has 0 unspecified atom stereocenters. The number of nitrogens with one attached hydrogen (secondary N) is 1. The molecular formula is C15H14N2O4S. The van der Waals surface area contributed by atoms with E-state index >= 15 is 0 Å². The summed E-state index contributed by atoms with van der Waals surface area (Å²) in [5.74, 6) is 0.611. The maximum absolute atomic E-state index is 12.5. The van der Waals surface area contributed by atoms with Crippen molar-refractivity contribution in [1.29, 1.82) is 0 Å². The first-order valence-electron chi connectivity index (χ1n) is 6.50. The third-order valence-corrected chi connectivity index (χ3v) is 4.80. The Morgan fingerprint density at radius 1 is 1.18 bits per heavy atom. The zero-order chi connectivity index (χ0) is 15.7. The van der Waals surface area contributed by atoms with Gasteiger partial charge in [0.05, 0.1) is 17.7 Å². The van der Waals surface area contributed by atoms with Gasteiger partial charge in [-0.15, -0.1) is 0 Å². The van der Waals surface area contributed by atoms with E-state index in [0.717, 1.165) is 0 Å². The number of aryl methyl sites for hydroxylation is 1. The Bertz CT molecular complexity index is 932. The molecule has 0 aliphatic rings. The van der Waals surface area contributed by atoms with Crippen molar-refractivity contribution in [3.63, 3.8) is 0 Å². The lowest BCUT2D eigenvalue weighted by Crippen LogP contribution is -2.14. The maximum atomic E-state index is 12.5. The highest BCUT2D eigenvalue weighted by atomic mass is 32.2. The molecule has 0 amide bonds. The fraction of sp³-hybridized carbons (Fsp3) is 0.133. The fourth-order valence-corrected chi connectivity index (χ4v) is 3.46. The quantitative estimate of drug-likeness (QED) is 0.800. The second-order valence-corrected chi connectivity index (χ2v) is 6.42. The number of oxazole rings is 1. The summed E-state index contributed by atoms with van der Waals surface area (Å²) in [5.41, 5.74) is 2.21. The van der Waals surface area contributed by atoms with E-state index in [1.165, 1.54) is 19.6 Å². The molecule has 0 atom stereocenters. The number of ether oxygens (including phenoxy) is 1. The molecule has 0 radical (unpaired) electrons. The van der Waals surface area contributed by atoms with Crippen LogP contribution in [0.15, 0.2) is 52.1 Å². The predicted molar refractivity (Wildman–Crippen MR) is 82.5 cm³/mol. The van der Waals surface area contributed by atoms with Crippen LogP contribution in [0.3, 0.4) is 0 Å². The van der Waals surface area contributed by atoms with E-state index in [1.807, 2.05) is 0 Å². The Balaban J connectivity index is 1.95. The van der Waals surface area contributed by atoms with E-state index < -0.39 is 10.0 Å². The van der Waals surface area contributed by atoms with Gasteiger partial charge >= 0.3 is 0 Å². The molecule has 1 heterocycles. The Morgan fingerprint density at radius 3 is 2.73 bits per heavy atom. The minimum absolute atomic E-state index is 0.200. The standard InChI is InChI=1S/C15H14N2O4S/c1-10-7-12(20-2)4-6-15(10)22(18,19)17-11-3-5-13-14(8-11)21-9-16-13/h3-9,17H,1-2H3. The highest BCUT2D eigenvalue weighted by Crippen LogP contribution is 2.25. The maximum Gasteiger partial charge on any atom is 0.262 e. The van der Waals surface area contributed by atoms with Crippen LogP contribution in [0.1, 0.15) is 5.56 Å². The van der Waals surface area contributed by atoms with Gasteiger partial charge in [0.2, 0.25) is 0 Å². The van der Waals surface area contributed by atoms with Crippen molar-refractivity contribution in [2.45, 2.75) is 11.8 Å². The average Bonchev–Trinajstić information content (AvgIpc) is 2.93. The molecule has 0 spiro atoms. The third-order valence-electron chi connectivity index (χ3n) is 3.26. The summed E-state index contributed by atoms with van der Waals surface area (Å²) in [4.78, 5) is 4.19. The van der Waals surface area contributed by atoms with E-state index in [1.54, 1.807) is 37.3 Å². The van der Waals surface area contributed by atoms with Gasteiger partial charge in [0.15, 0.2) is 12.0 Å². The number of benzene rings is 2.